The van der Waals surface area contributed by atoms with Crippen LogP contribution < -0.4 is 10.1 Å². The molecule has 2 N–H and O–H groups in total. The number of hydrogen-bond acceptors (Lipinski definition) is 3. The van der Waals surface area contributed by atoms with Crippen LogP contribution in [0.5, 0.6) is 5.75 Å². The Morgan fingerprint density at radius 3 is 2.91 bits per heavy atom. The summed E-state index contributed by atoms with van der Waals surface area (Å²) < 4.78 is 5.44. The third-order valence-electron chi connectivity index (χ3n) is 5.12. The number of likely N-dealkylation sites (tertiary alicyclic amines) is 1. The molecule has 2 fully saturated rings. The fourth-order valence-electron chi connectivity index (χ4n) is 3.81. The van der Waals surface area contributed by atoms with Crippen LogP contribution in [-0.2, 0) is 6.54 Å². The van der Waals surface area contributed by atoms with E-state index in [9.17, 15) is 0 Å². The van der Waals surface area contributed by atoms with Crippen LogP contribution in [0.1, 0.15) is 36.4 Å². The molecule has 23 heavy (non-hydrogen) atoms. The molecule has 2 heterocycles. The fourth-order valence-corrected chi connectivity index (χ4v) is 3.81. The number of benzene rings is 1. The topological polar surface area (TPSA) is 40.3 Å². The van der Waals surface area contributed by atoms with Gasteiger partial charge < -0.3 is 15.0 Å². The van der Waals surface area contributed by atoms with Crippen LogP contribution in [0.25, 0.3) is 0 Å². The van der Waals surface area contributed by atoms with Gasteiger partial charge in [0, 0.05) is 37.6 Å². The van der Waals surface area contributed by atoms with Crippen molar-refractivity contribution >= 4 is 0 Å². The van der Waals surface area contributed by atoms with E-state index in [1.54, 1.807) is 7.11 Å². The van der Waals surface area contributed by atoms with Crippen LogP contribution in [0.3, 0.4) is 0 Å². The number of aromatic nitrogens is 1. The molecule has 2 aliphatic rings. The Kier molecular flexibility index (Phi) is 4.10. The maximum Gasteiger partial charge on any atom is 0.119 e. The van der Waals surface area contributed by atoms with Crippen LogP contribution in [-0.4, -0.2) is 35.6 Å². The van der Waals surface area contributed by atoms with E-state index in [-0.39, 0.29) is 0 Å². The van der Waals surface area contributed by atoms with Gasteiger partial charge in [-0.3, -0.25) is 4.90 Å². The van der Waals surface area contributed by atoms with Crippen LogP contribution in [0.15, 0.2) is 42.7 Å². The van der Waals surface area contributed by atoms with E-state index in [2.05, 4.69) is 45.7 Å². The number of nitrogens with zero attached hydrogens (tertiary/aromatic N) is 1. The monoisotopic (exact) mass is 311 g/mol. The molecule has 0 bridgehead atoms. The van der Waals surface area contributed by atoms with Crippen molar-refractivity contribution < 1.29 is 4.74 Å². The summed E-state index contributed by atoms with van der Waals surface area (Å²) >= 11 is 0. The number of hydrogen-bond donors (Lipinski definition) is 2. The quantitative estimate of drug-likeness (QED) is 0.861. The molecule has 0 spiro atoms. The van der Waals surface area contributed by atoms with E-state index in [1.165, 1.54) is 36.9 Å². The fraction of sp³-hybridized carbons (Fsp3) is 0.474. The Morgan fingerprint density at radius 2 is 2.17 bits per heavy atom. The molecule has 0 amide bonds. The first-order valence-electron chi connectivity index (χ1n) is 8.60. The van der Waals surface area contributed by atoms with Crippen molar-refractivity contribution in [2.24, 2.45) is 0 Å². The third kappa shape index (κ3) is 3.14. The lowest BCUT2D eigenvalue weighted by atomic mass is 9.99. The Labute approximate surface area is 137 Å². The minimum absolute atomic E-state index is 0.455. The molecule has 122 valence electrons. The van der Waals surface area contributed by atoms with Gasteiger partial charge in [-0.1, -0.05) is 12.1 Å². The third-order valence-corrected chi connectivity index (χ3v) is 5.12. The molecule has 2 atom stereocenters. The second-order valence-corrected chi connectivity index (χ2v) is 6.69. The highest BCUT2D eigenvalue weighted by Gasteiger charge is 2.42. The second kappa shape index (κ2) is 6.38. The molecule has 1 aliphatic heterocycles. The Morgan fingerprint density at radius 1 is 1.26 bits per heavy atom. The lowest BCUT2D eigenvalue weighted by molar-refractivity contribution is 0.226. The van der Waals surface area contributed by atoms with Crippen LogP contribution in [0.4, 0.5) is 0 Å². The van der Waals surface area contributed by atoms with E-state index in [1.807, 2.05) is 12.3 Å². The summed E-state index contributed by atoms with van der Waals surface area (Å²) in [5, 5.41) is 3.78. The zero-order chi connectivity index (χ0) is 15.6. The first kappa shape index (κ1) is 14.8. The van der Waals surface area contributed by atoms with Crippen molar-refractivity contribution in [1.29, 1.82) is 0 Å². The van der Waals surface area contributed by atoms with E-state index in [4.69, 9.17) is 4.74 Å². The average molecular weight is 311 g/mol. The van der Waals surface area contributed by atoms with Gasteiger partial charge in [0.15, 0.2) is 0 Å². The first-order chi connectivity index (χ1) is 11.3. The molecular weight excluding hydrogens is 286 g/mol. The standard InChI is InChI=1S/C19H25N3O/c1-23-17-4-2-3-15(11-17)19-18(8-10-22(19)16-5-6-16)21-13-14-7-9-20-12-14/h2-4,7,9,11-12,16,18-21H,5-6,8,10,13H2,1H3/t18-,19+/m1/s1. The number of aromatic amines is 1. The summed E-state index contributed by atoms with van der Waals surface area (Å²) in [5.74, 6) is 0.953. The molecule has 4 heteroatoms. The van der Waals surface area contributed by atoms with Crippen LogP contribution in [0, 0.1) is 0 Å². The van der Waals surface area contributed by atoms with Gasteiger partial charge in [-0.05, 0) is 48.6 Å². The molecule has 1 saturated heterocycles. The van der Waals surface area contributed by atoms with Crippen LogP contribution in [0.2, 0.25) is 0 Å². The molecule has 2 aromatic rings. The summed E-state index contributed by atoms with van der Waals surface area (Å²) in [5.41, 5.74) is 2.69. The number of ether oxygens (including phenoxy) is 1. The van der Waals surface area contributed by atoms with Crippen molar-refractivity contribution in [3.8, 4) is 5.75 Å². The summed E-state index contributed by atoms with van der Waals surface area (Å²) in [6.45, 7) is 2.12. The van der Waals surface area contributed by atoms with Crippen LogP contribution >= 0.6 is 0 Å². The second-order valence-electron chi connectivity index (χ2n) is 6.69. The summed E-state index contributed by atoms with van der Waals surface area (Å²) in [6, 6.07) is 12.5. The van der Waals surface area contributed by atoms with Crippen molar-refractivity contribution in [3.63, 3.8) is 0 Å². The summed E-state index contributed by atoms with van der Waals surface area (Å²) in [6.07, 6.45) is 7.97. The molecule has 4 rings (SSSR count). The highest BCUT2D eigenvalue weighted by Crippen LogP contribution is 2.41. The van der Waals surface area contributed by atoms with Crippen molar-refractivity contribution in [2.45, 2.75) is 43.9 Å². The van der Waals surface area contributed by atoms with Crippen molar-refractivity contribution in [3.05, 3.63) is 53.9 Å². The smallest absolute Gasteiger partial charge is 0.119 e. The normalized spacial score (nSPS) is 24.9. The minimum atomic E-state index is 0.455. The highest BCUT2D eigenvalue weighted by molar-refractivity contribution is 5.32. The predicted molar refractivity (Wildman–Crippen MR) is 91.5 cm³/mol. The van der Waals surface area contributed by atoms with Gasteiger partial charge in [-0.15, -0.1) is 0 Å². The lowest BCUT2D eigenvalue weighted by Crippen LogP contribution is -2.36. The molecule has 0 unspecified atom stereocenters. The molecular formula is C19H25N3O. The van der Waals surface area contributed by atoms with Crippen molar-refractivity contribution in [2.75, 3.05) is 13.7 Å². The maximum absolute atomic E-state index is 5.44. The molecule has 1 aromatic heterocycles. The largest absolute Gasteiger partial charge is 0.497 e. The minimum Gasteiger partial charge on any atom is -0.497 e. The summed E-state index contributed by atoms with van der Waals surface area (Å²) in [4.78, 5) is 5.83. The molecule has 1 saturated carbocycles. The Balaban J connectivity index is 1.54. The van der Waals surface area contributed by atoms with Gasteiger partial charge in [0.25, 0.3) is 0 Å². The highest BCUT2D eigenvalue weighted by atomic mass is 16.5. The van der Waals surface area contributed by atoms with Crippen molar-refractivity contribution in [1.82, 2.24) is 15.2 Å². The van der Waals surface area contributed by atoms with Gasteiger partial charge in [0.1, 0.15) is 5.75 Å². The predicted octanol–water partition coefficient (Wildman–Crippen LogP) is 3.09. The number of nitrogens with one attached hydrogen (secondary N) is 2. The number of rotatable bonds is 6. The van der Waals surface area contributed by atoms with E-state index in [0.717, 1.165) is 18.3 Å². The molecule has 4 nitrogen and oxygen atoms in total. The summed E-state index contributed by atoms with van der Waals surface area (Å²) in [7, 11) is 1.74. The van der Waals surface area contributed by atoms with Gasteiger partial charge in [-0.2, -0.15) is 0 Å². The molecule has 1 aromatic carbocycles. The molecule has 1 aliphatic carbocycles. The lowest BCUT2D eigenvalue weighted by Gasteiger charge is -2.29. The SMILES string of the molecule is COc1cccc([C@H]2[C@H](NCc3cc[nH]c3)CCN2C2CC2)c1. The van der Waals surface area contributed by atoms with Gasteiger partial charge in [-0.25, -0.2) is 0 Å². The average Bonchev–Trinajstić information content (AvgIpc) is 3.13. The van der Waals surface area contributed by atoms with E-state index >= 15 is 0 Å². The maximum atomic E-state index is 5.44. The van der Waals surface area contributed by atoms with Gasteiger partial charge in [0.2, 0.25) is 0 Å². The zero-order valence-electron chi connectivity index (χ0n) is 13.7. The molecule has 0 radical (unpaired) electrons. The Bertz CT molecular complexity index is 636. The zero-order valence-corrected chi connectivity index (χ0v) is 13.7. The number of H-pyrrole nitrogens is 1. The van der Waals surface area contributed by atoms with E-state index < -0.39 is 0 Å². The first-order valence-corrected chi connectivity index (χ1v) is 8.60. The number of methoxy groups -OCH3 is 1. The van der Waals surface area contributed by atoms with Gasteiger partial charge >= 0.3 is 0 Å². The van der Waals surface area contributed by atoms with Gasteiger partial charge in [0.05, 0.1) is 13.2 Å². The Hall–Kier alpha value is -1.78. The van der Waals surface area contributed by atoms with E-state index in [0.29, 0.717) is 12.1 Å².